The second-order valence-corrected chi connectivity index (χ2v) is 7.78. The molecular formula is C24H22Cl2N2O. The van der Waals surface area contributed by atoms with Gasteiger partial charge in [-0.3, -0.25) is 0 Å². The Morgan fingerprint density at radius 2 is 1.66 bits per heavy atom. The normalized spacial score (nSPS) is 11.1. The average Bonchev–Trinajstić information content (AvgIpc) is 3.16. The van der Waals surface area contributed by atoms with Crippen molar-refractivity contribution in [1.82, 2.24) is 10.3 Å². The fraction of sp³-hybridized carbons (Fsp3) is 0.167. The Hall–Kier alpha value is -2.46. The number of hydrogen-bond acceptors (Lipinski definition) is 2. The van der Waals surface area contributed by atoms with Gasteiger partial charge in [0.1, 0.15) is 12.4 Å². The average molecular weight is 425 g/mol. The van der Waals surface area contributed by atoms with Crippen molar-refractivity contribution in [3.8, 4) is 5.75 Å². The van der Waals surface area contributed by atoms with Crippen molar-refractivity contribution in [1.29, 1.82) is 0 Å². The van der Waals surface area contributed by atoms with Crippen LogP contribution >= 0.6 is 23.2 Å². The highest BCUT2D eigenvalue weighted by atomic mass is 35.5. The minimum atomic E-state index is 0.457. The van der Waals surface area contributed by atoms with Crippen molar-refractivity contribution in [2.24, 2.45) is 0 Å². The highest BCUT2D eigenvalue weighted by molar-refractivity contribution is 6.42. The topological polar surface area (TPSA) is 37.0 Å². The fourth-order valence-electron chi connectivity index (χ4n) is 3.29. The third kappa shape index (κ3) is 5.13. The molecule has 0 radical (unpaired) electrons. The van der Waals surface area contributed by atoms with E-state index < -0.39 is 0 Å². The van der Waals surface area contributed by atoms with Gasteiger partial charge in [-0.05, 0) is 60.0 Å². The number of nitrogens with one attached hydrogen (secondary N) is 2. The van der Waals surface area contributed by atoms with E-state index in [1.165, 1.54) is 22.0 Å². The van der Waals surface area contributed by atoms with Crippen LogP contribution in [0.3, 0.4) is 0 Å². The van der Waals surface area contributed by atoms with Gasteiger partial charge in [0.05, 0.1) is 10.0 Å². The van der Waals surface area contributed by atoms with Crippen molar-refractivity contribution in [2.75, 3.05) is 6.54 Å². The number of fused-ring (bicyclic) bond motifs is 1. The van der Waals surface area contributed by atoms with Crippen LogP contribution in [-0.4, -0.2) is 11.5 Å². The molecular weight excluding hydrogens is 403 g/mol. The van der Waals surface area contributed by atoms with E-state index >= 15 is 0 Å². The van der Waals surface area contributed by atoms with Gasteiger partial charge in [-0.25, -0.2) is 0 Å². The Balaban J connectivity index is 1.23. The van der Waals surface area contributed by atoms with Crippen LogP contribution in [0.4, 0.5) is 0 Å². The third-order valence-electron chi connectivity index (χ3n) is 4.89. The Morgan fingerprint density at radius 3 is 2.48 bits per heavy atom. The number of hydrogen-bond donors (Lipinski definition) is 2. The molecule has 1 aromatic heterocycles. The molecule has 0 unspecified atom stereocenters. The second-order valence-electron chi connectivity index (χ2n) is 6.97. The van der Waals surface area contributed by atoms with Crippen LogP contribution in [-0.2, 0) is 19.6 Å². The Kier molecular flexibility index (Phi) is 6.40. The summed E-state index contributed by atoms with van der Waals surface area (Å²) in [6.45, 7) is 2.21. The van der Waals surface area contributed by atoms with Gasteiger partial charge >= 0.3 is 0 Å². The van der Waals surface area contributed by atoms with Crippen LogP contribution < -0.4 is 10.1 Å². The molecule has 0 aliphatic rings. The van der Waals surface area contributed by atoms with Gasteiger partial charge in [-0.15, -0.1) is 0 Å². The number of aromatic nitrogens is 1. The van der Waals surface area contributed by atoms with E-state index in [-0.39, 0.29) is 0 Å². The summed E-state index contributed by atoms with van der Waals surface area (Å²) in [7, 11) is 0. The summed E-state index contributed by atoms with van der Waals surface area (Å²) in [5.41, 5.74) is 4.76. The molecule has 1 heterocycles. The first kappa shape index (κ1) is 19.8. The summed E-state index contributed by atoms with van der Waals surface area (Å²) >= 11 is 12.0. The summed E-state index contributed by atoms with van der Waals surface area (Å²) in [4.78, 5) is 3.33. The quantitative estimate of drug-likeness (QED) is 0.321. The molecule has 3 nitrogen and oxygen atoms in total. The summed E-state index contributed by atoms with van der Waals surface area (Å²) in [6, 6.07) is 22.1. The van der Waals surface area contributed by atoms with E-state index in [9.17, 15) is 0 Å². The molecule has 0 atom stereocenters. The molecule has 0 bridgehead atoms. The second kappa shape index (κ2) is 9.36. The van der Waals surface area contributed by atoms with E-state index in [1.54, 1.807) is 6.07 Å². The molecule has 4 aromatic rings. The Morgan fingerprint density at radius 1 is 0.862 bits per heavy atom. The largest absolute Gasteiger partial charge is 0.489 e. The minimum Gasteiger partial charge on any atom is -0.489 e. The van der Waals surface area contributed by atoms with Gasteiger partial charge in [-0.2, -0.15) is 0 Å². The van der Waals surface area contributed by atoms with Crippen molar-refractivity contribution in [2.45, 2.75) is 19.6 Å². The lowest BCUT2D eigenvalue weighted by molar-refractivity contribution is 0.306. The Labute approximate surface area is 180 Å². The van der Waals surface area contributed by atoms with Crippen molar-refractivity contribution < 1.29 is 4.74 Å². The fourth-order valence-corrected chi connectivity index (χ4v) is 3.61. The van der Waals surface area contributed by atoms with Gasteiger partial charge in [0.25, 0.3) is 0 Å². The van der Waals surface area contributed by atoms with Crippen LogP contribution in [0.2, 0.25) is 10.0 Å². The first-order chi connectivity index (χ1) is 14.2. The minimum absolute atomic E-state index is 0.457. The number of para-hydroxylation sites is 1. The number of ether oxygens (including phenoxy) is 1. The standard InChI is InChI=1S/C24H22Cl2N2O/c25-22-10-7-18(13-23(22)26)16-29-20-8-5-17(6-9-20)14-27-12-11-19-15-28-24-4-2-1-3-21(19)24/h1-10,13,15,27-28H,11-12,14,16H2. The highest BCUT2D eigenvalue weighted by Crippen LogP contribution is 2.23. The lowest BCUT2D eigenvalue weighted by Crippen LogP contribution is -2.16. The maximum Gasteiger partial charge on any atom is 0.119 e. The summed E-state index contributed by atoms with van der Waals surface area (Å²) in [5, 5.41) is 5.91. The molecule has 148 valence electrons. The smallest absolute Gasteiger partial charge is 0.119 e. The lowest BCUT2D eigenvalue weighted by Gasteiger charge is -2.09. The number of aromatic amines is 1. The summed E-state index contributed by atoms with van der Waals surface area (Å²) < 4.78 is 5.83. The molecule has 0 amide bonds. The van der Waals surface area contributed by atoms with Crippen LogP contribution in [0.1, 0.15) is 16.7 Å². The monoisotopic (exact) mass is 424 g/mol. The van der Waals surface area contributed by atoms with Gasteiger partial charge in [0.15, 0.2) is 0 Å². The molecule has 0 saturated carbocycles. The molecule has 0 fully saturated rings. The van der Waals surface area contributed by atoms with Crippen LogP contribution in [0, 0.1) is 0 Å². The number of H-pyrrole nitrogens is 1. The van der Waals surface area contributed by atoms with Gasteiger partial charge in [-0.1, -0.05) is 59.6 Å². The first-order valence-corrected chi connectivity index (χ1v) is 10.4. The molecule has 4 rings (SSSR count). The molecule has 5 heteroatoms. The zero-order chi connectivity index (χ0) is 20.1. The van der Waals surface area contributed by atoms with Gasteiger partial charge < -0.3 is 15.0 Å². The highest BCUT2D eigenvalue weighted by Gasteiger charge is 2.03. The van der Waals surface area contributed by atoms with Crippen LogP contribution in [0.15, 0.2) is 72.9 Å². The lowest BCUT2D eigenvalue weighted by atomic mass is 10.1. The van der Waals surface area contributed by atoms with Crippen LogP contribution in [0.5, 0.6) is 5.75 Å². The van der Waals surface area contributed by atoms with E-state index in [0.717, 1.165) is 30.8 Å². The van der Waals surface area contributed by atoms with Crippen molar-refractivity contribution in [3.05, 3.63) is 99.7 Å². The Bertz CT molecular complexity index is 1090. The molecule has 3 aromatic carbocycles. The van der Waals surface area contributed by atoms with E-state index in [4.69, 9.17) is 27.9 Å². The van der Waals surface area contributed by atoms with Gasteiger partial charge in [0.2, 0.25) is 0 Å². The molecule has 0 aliphatic carbocycles. The van der Waals surface area contributed by atoms with E-state index in [0.29, 0.717) is 16.7 Å². The molecule has 2 N–H and O–H groups in total. The summed E-state index contributed by atoms with van der Waals surface area (Å²) in [5.74, 6) is 0.832. The van der Waals surface area contributed by atoms with Crippen molar-refractivity contribution >= 4 is 34.1 Å². The van der Waals surface area contributed by atoms with E-state index in [1.807, 2.05) is 24.3 Å². The van der Waals surface area contributed by atoms with Gasteiger partial charge in [0, 0.05) is 23.6 Å². The molecule has 0 aliphatic heterocycles. The maximum atomic E-state index is 6.04. The molecule has 0 saturated heterocycles. The van der Waals surface area contributed by atoms with Crippen molar-refractivity contribution in [3.63, 3.8) is 0 Å². The molecule has 0 spiro atoms. The predicted octanol–water partition coefficient (Wildman–Crippen LogP) is 6.39. The zero-order valence-electron chi connectivity index (χ0n) is 15.9. The predicted molar refractivity (Wildman–Crippen MR) is 121 cm³/mol. The first-order valence-electron chi connectivity index (χ1n) is 9.60. The van der Waals surface area contributed by atoms with Crippen LogP contribution in [0.25, 0.3) is 10.9 Å². The number of rotatable bonds is 8. The summed E-state index contributed by atoms with van der Waals surface area (Å²) in [6.07, 6.45) is 3.10. The SMILES string of the molecule is Clc1ccc(COc2ccc(CNCCc3c[nH]c4ccccc34)cc2)cc1Cl. The number of halogens is 2. The number of benzene rings is 3. The zero-order valence-corrected chi connectivity index (χ0v) is 17.4. The van der Waals surface area contributed by atoms with E-state index in [2.05, 4.69) is 52.9 Å². The third-order valence-corrected chi connectivity index (χ3v) is 5.63. The maximum absolute atomic E-state index is 6.04. The molecule has 29 heavy (non-hydrogen) atoms.